The van der Waals surface area contributed by atoms with Crippen LogP contribution in [0, 0.1) is 5.92 Å². The van der Waals surface area contributed by atoms with Crippen molar-refractivity contribution in [2.45, 2.75) is 20.3 Å². The zero-order valence-corrected chi connectivity index (χ0v) is 11.0. The maximum absolute atomic E-state index is 3.50. The number of rotatable bonds is 3. The summed E-state index contributed by atoms with van der Waals surface area (Å²) in [6, 6.07) is 15.5. The fourth-order valence-electron chi connectivity index (χ4n) is 2.58. The van der Waals surface area contributed by atoms with Crippen molar-refractivity contribution in [3.8, 4) is 11.1 Å². The topological polar surface area (TPSA) is 12.0 Å². The molecule has 0 amide bonds. The van der Waals surface area contributed by atoms with Gasteiger partial charge in [-0.1, -0.05) is 44.2 Å². The molecule has 0 saturated carbocycles. The fourth-order valence-corrected chi connectivity index (χ4v) is 2.58. The summed E-state index contributed by atoms with van der Waals surface area (Å²) in [6.07, 6.45) is 1.07. The smallest absolute Gasteiger partial charge is 0.0343 e. The molecular formula is C17H19N. The number of benzene rings is 2. The molecule has 0 radical (unpaired) electrons. The molecule has 18 heavy (non-hydrogen) atoms. The van der Waals surface area contributed by atoms with Gasteiger partial charge in [0.15, 0.2) is 0 Å². The van der Waals surface area contributed by atoms with Crippen LogP contribution in [0.3, 0.4) is 0 Å². The van der Waals surface area contributed by atoms with Crippen LogP contribution >= 0.6 is 0 Å². The molecule has 1 aliphatic carbocycles. The number of hydrogen-bond donors (Lipinski definition) is 1. The molecule has 0 aromatic heterocycles. The van der Waals surface area contributed by atoms with E-state index in [1.165, 1.54) is 27.9 Å². The van der Waals surface area contributed by atoms with Gasteiger partial charge in [0.1, 0.15) is 0 Å². The highest BCUT2D eigenvalue weighted by Gasteiger charge is 2.17. The highest BCUT2D eigenvalue weighted by atomic mass is 14.9. The third-order valence-corrected chi connectivity index (χ3v) is 3.51. The Labute approximate surface area is 109 Å². The predicted octanol–water partition coefficient (Wildman–Crippen LogP) is 4.33. The minimum absolute atomic E-state index is 0.676. The SMILES string of the molecule is CC(C)CNc1ccc2c(c1)Cc1ccccc1-2. The average Bonchev–Trinajstić information content (AvgIpc) is 2.73. The second-order valence-corrected chi connectivity index (χ2v) is 5.48. The molecule has 1 aliphatic rings. The highest BCUT2D eigenvalue weighted by molar-refractivity contribution is 5.78. The number of hydrogen-bond acceptors (Lipinski definition) is 1. The maximum Gasteiger partial charge on any atom is 0.0343 e. The van der Waals surface area contributed by atoms with Gasteiger partial charge in [0.25, 0.3) is 0 Å². The van der Waals surface area contributed by atoms with Crippen LogP contribution in [0.4, 0.5) is 5.69 Å². The van der Waals surface area contributed by atoms with Crippen LogP contribution in [0.1, 0.15) is 25.0 Å². The van der Waals surface area contributed by atoms with E-state index in [2.05, 4.69) is 61.6 Å². The van der Waals surface area contributed by atoms with Crippen molar-refractivity contribution in [2.75, 3.05) is 11.9 Å². The normalized spacial score (nSPS) is 12.4. The Hall–Kier alpha value is -1.76. The number of anilines is 1. The molecule has 1 nitrogen and oxygen atoms in total. The number of nitrogens with one attached hydrogen (secondary N) is 1. The monoisotopic (exact) mass is 237 g/mol. The third-order valence-electron chi connectivity index (χ3n) is 3.51. The third kappa shape index (κ3) is 2.01. The van der Waals surface area contributed by atoms with Gasteiger partial charge in [-0.15, -0.1) is 0 Å². The molecule has 0 aliphatic heterocycles. The van der Waals surface area contributed by atoms with Crippen LogP contribution in [-0.4, -0.2) is 6.54 Å². The first-order chi connectivity index (χ1) is 8.74. The zero-order chi connectivity index (χ0) is 12.5. The van der Waals surface area contributed by atoms with Gasteiger partial charge < -0.3 is 5.32 Å². The van der Waals surface area contributed by atoms with E-state index in [-0.39, 0.29) is 0 Å². The van der Waals surface area contributed by atoms with E-state index in [4.69, 9.17) is 0 Å². The van der Waals surface area contributed by atoms with Crippen molar-refractivity contribution in [2.24, 2.45) is 5.92 Å². The minimum Gasteiger partial charge on any atom is -0.385 e. The summed E-state index contributed by atoms with van der Waals surface area (Å²) in [6.45, 7) is 5.50. The van der Waals surface area contributed by atoms with Crippen LogP contribution in [0.25, 0.3) is 11.1 Å². The molecule has 0 bridgehead atoms. The molecule has 1 N–H and O–H groups in total. The first-order valence-corrected chi connectivity index (χ1v) is 6.69. The van der Waals surface area contributed by atoms with Gasteiger partial charge >= 0.3 is 0 Å². The van der Waals surface area contributed by atoms with Crippen LogP contribution in [0.15, 0.2) is 42.5 Å². The van der Waals surface area contributed by atoms with Crippen LogP contribution in [-0.2, 0) is 6.42 Å². The Balaban J connectivity index is 1.89. The molecule has 0 spiro atoms. The predicted molar refractivity (Wildman–Crippen MR) is 78.0 cm³/mol. The molecule has 0 heterocycles. The summed E-state index contributed by atoms with van der Waals surface area (Å²) in [7, 11) is 0. The molecule has 2 aromatic rings. The molecule has 0 unspecified atom stereocenters. The maximum atomic E-state index is 3.50. The van der Waals surface area contributed by atoms with Gasteiger partial charge in [0, 0.05) is 12.2 Å². The van der Waals surface area contributed by atoms with Crippen molar-refractivity contribution in [1.29, 1.82) is 0 Å². The zero-order valence-electron chi connectivity index (χ0n) is 11.0. The van der Waals surface area contributed by atoms with Crippen molar-refractivity contribution in [1.82, 2.24) is 0 Å². The quantitative estimate of drug-likeness (QED) is 0.715. The lowest BCUT2D eigenvalue weighted by molar-refractivity contribution is 0.689. The lowest BCUT2D eigenvalue weighted by Gasteiger charge is -2.10. The van der Waals surface area contributed by atoms with Crippen LogP contribution in [0.2, 0.25) is 0 Å². The summed E-state index contributed by atoms with van der Waals surface area (Å²) in [5.41, 5.74) is 6.96. The molecule has 2 aromatic carbocycles. The van der Waals surface area contributed by atoms with Crippen molar-refractivity contribution in [3.05, 3.63) is 53.6 Å². The Morgan fingerprint density at radius 1 is 1.00 bits per heavy atom. The summed E-state index contributed by atoms with van der Waals surface area (Å²) < 4.78 is 0. The first-order valence-electron chi connectivity index (χ1n) is 6.69. The van der Waals surface area contributed by atoms with E-state index < -0.39 is 0 Å². The van der Waals surface area contributed by atoms with Gasteiger partial charge in [-0.25, -0.2) is 0 Å². The largest absolute Gasteiger partial charge is 0.385 e. The van der Waals surface area contributed by atoms with Gasteiger partial charge in [0.2, 0.25) is 0 Å². The van der Waals surface area contributed by atoms with Crippen molar-refractivity contribution < 1.29 is 0 Å². The Kier molecular flexibility index (Phi) is 2.83. The number of fused-ring (bicyclic) bond motifs is 3. The van der Waals surface area contributed by atoms with Gasteiger partial charge in [-0.3, -0.25) is 0 Å². The van der Waals surface area contributed by atoms with Crippen LogP contribution < -0.4 is 5.32 Å². The molecule has 0 fully saturated rings. The van der Waals surface area contributed by atoms with E-state index in [0.29, 0.717) is 5.92 Å². The fraction of sp³-hybridized carbons (Fsp3) is 0.294. The lowest BCUT2D eigenvalue weighted by Crippen LogP contribution is -2.07. The summed E-state index contributed by atoms with van der Waals surface area (Å²) in [5.74, 6) is 0.676. The molecular weight excluding hydrogens is 218 g/mol. The minimum atomic E-state index is 0.676. The molecule has 0 atom stereocenters. The Morgan fingerprint density at radius 3 is 2.61 bits per heavy atom. The molecule has 92 valence electrons. The summed E-state index contributed by atoms with van der Waals surface area (Å²) >= 11 is 0. The van der Waals surface area contributed by atoms with Crippen molar-refractivity contribution in [3.63, 3.8) is 0 Å². The van der Waals surface area contributed by atoms with Gasteiger partial charge in [-0.2, -0.15) is 0 Å². The second kappa shape index (κ2) is 4.49. The molecule has 1 heteroatoms. The van der Waals surface area contributed by atoms with Crippen LogP contribution in [0.5, 0.6) is 0 Å². The van der Waals surface area contributed by atoms with E-state index in [1.807, 2.05) is 0 Å². The van der Waals surface area contributed by atoms with E-state index in [0.717, 1.165) is 13.0 Å². The van der Waals surface area contributed by atoms with Gasteiger partial charge in [-0.05, 0) is 46.7 Å². The second-order valence-electron chi connectivity index (χ2n) is 5.48. The van der Waals surface area contributed by atoms with E-state index in [1.54, 1.807) is 0 Å². The Morgan fingerprint density at radius 2 is 1.78 bits per heavy atom. The highest BCUT2D eigenvalue weighted by Crippen LogP contribution is 2.37. The van der Waals surface area contributed by atoms with E-state index in [9.17, 15) is 0 Å². The summed E-state index contributed by atoms with van der Waals surface area (Å²) in [4.78, 5) is 0. The molecule has 3 rings (SSSR count). The summed E-state index contributed by atoms with van der Waals surface area (Å²) in [5, 5.41) is 3.50. The lowest BCUT2D eigenvalue weighted by atomic mass is 10.1. The van der Waals surface area contributed by atoms with Crippen molar-refractivity contribution >= 4 is 5.69 Å². The average molecular weight is 237 g/mol. The first kappa shape index (κ1) is 11.3. The Bertz CT molecular complexity index is 570. The standard InChI is InChI=1S/C17H19N/c1-12(2)11-18-15-7-8-17-14(10-15)9-13-5-3-4-6-16(13)17/h3-8,10,12,18H,9,11H2,1-2H3. The van der Waals surface area contributed by atoms with Gasteiger partial charge in [0.05, 0.1) is 0 Å². The molecule has 0 saturated heterocycles. The van der Waals surface area contributed by atoms with E-state index >= 15 is 0 Å².